The number of thiocarbonyl (C=S) groups is 1. The number of carbonyl (C=O) groups is 1. The van der Waals surface area contributed by atoms with Gasteiger partial charge in [0.1, 0.15) is 0 Å². The minimum atomic E-state index is 0.0100. The van der Waals surface area contributed by atoms with Gasteiger partial charge in [-0.25, -0.2) is 0 Å². The second kappa shape index (κ2) is 5.80. The number of likely N-dealkylation sites (tertiary alicyclic amines) is 1. The third kappa shape index (κ3) is 5.48. The largest absolute Gasteiger partial charge is 0.349 e. The predicted octanol–water partition coefficient (Wildman–Crippen LogP) is 2.56. The van der Waals surface area contributed by atoms with Crippen LogP contribution in [-0.2, 0) is 4.79 Å². The number of amides is 1. The van der Waals surface area contributed by atoms with Crippen molar-refractivity contribution in [3.8, 4) is 0 Å². The predicted molar refractivity (Wildman–Crippen MR) is 74.8 cm³/mol. The summed E-state index contributed by atoms with van der Waals surface area (Å²) >= 11 is 5.27. The van der Waals surface area contributed by atoms with Crippen molar-refractivity contribution >= 4 is 23.2 Å². The van der Waals surface area contributed by atoms with Crippen molar-refractivity contribution in [3.63, 3.8) is 0 Å². The summed E-state index contributed by atoms with van der Waals surface area (Å²) < 4.78 is 0. The minimum Gasteiger partial charge on any atom is -0.349 e. The summed E-state index contributed by atoms with van der Waals surface area (Å²) in [6.07, 6.45) is 2.84. The molecule has 0 saturated carbocycles. The summed E-state index contributed by atoms with van der Waals surface area (Å²) in [4.78, 5) is 13.9. The van der Waals surface area contributed by atoms with E-state index in [2.05, 4.69) is 37.9 Å². The van der Waals surface area contributed by atoms with E-state index in [4.69, 9.17) is 12.2 Å². The topological polar surface area (TPSA) is 32.3 Å². The molecule has 1 N–H and O–H groups in total. The minimum absolute atomic E-state index is 0.0100. The summed E-state index contributed by atoms with van der Waals surface area (Å²) in [6, 6.07) is 0. The van der Waals surface area contributed by atoms with Crippen LogP contribution in [0.25, 0.3) is 0 Å². The maximum Gasteiger partial charge on any atom is 0.226 e. The third-order valence-corrected chi connectivity index (χ3v) is 3.37. The van der Waals surface area contributed by atoms with Gasteiger partial charge in [-0.1, -0.05) is 27.7 Å². The van der Waals surface area contributed by atoms with Crippen LogP contribution in [0.2, 0.25) is 0 Å². The van der Waals surface area contributed by atoms with Gasteiger partial charge in [-0.05, 0) is 36.4 Å². The molecule has 0 radical (unpaired) electrons. The Morgan fingerprint density at radius 3 is 2.35 bits per heavy atom. The molecule has 98 valence electrons. The molecule has 1 aliphatic rings. The number of rotatable bonds is 1. The molecule has 1 rings (SSSR count). The highest BCUT2D eigenvalue weighted by molar-refractivity contribution is 7.80. The Morgan fingerprint density at radius 2 is 1.88 bits per heavy atom. The van der Waals surface area contributed by atoms with E-state index in [1.165, 1.54) is 0 Å². The molecule has 0 aromatic rings. The van der Waals surface area contributed by atoms with Crippen molar-refractivity contribution in [3.05, 3.63) is 0 Å². The SMILES string of the molecule is CC1CCN(C(=S)NC(=O)CC(C)(C)C)CC1. The normalized spacial score (nSPS) is 18.0. The molecule has 1 fully saturated rings. The molecule has 1 saturated heterocycles. The molecule has 17 heavy (non-hydrogen) atoms. The Morgan fingerprint density at radius 1 is 1.35 bits per heavy atom. The van der Waals surface area contributed by atoms with Crippen molar-refractivity contribution in [1.29, 1.82) is 0 Å². The van der Waals surface area contributed by atoms with Gasteiger partial charge in [-0.2, -0.15) is 0 Å². The average molecular weight is 256 g/mol. The molecule has 4 heteroatoms. The highest BCUT2D eigenvalue weighted by atomic mass is 32.1. The van der Waals surface area contributed by atoms with Crippen LogP contribution >= 0.6 is 12.2 Å². The van der Waals surface area contributed by atoms with Crippen molar-refractivity contribution in [1.82, 2.24) is 10.2 Å². The van der Waals surface area contributed by atoms with E-state index < -0.39 is 0 Å². The zero-order chi connectivity index (χ0) is 13.1. The van der Waals surface area contributed by atoms with Crippen LogP contribution in [0.5, 0.6) is 0 Å². The van der Waals surface area contributed by atoms with Gasteiger partial charge in [-0.15, -0.1) is 0 Å². The van der Waals surface area contributed by atoms with E-state index in [0.29, 0.717) is 11.5 Å². The van der Waals surface area contributed by atoms with Crippen molar-refractivity contribution in [2.45, 2.75) is 47.0 Å². The summed E-state index contributed by atoms with van der Waals surface area (Å²) in [5.74, 6) is 0.806. The highest BCUT2D eigenvalue weighted by Crippen LogP contribution is 2.19. The summed E-state index contributed by atoms with van der Waals surface area (Å²) in [7, 11) is 0. The first-order valence-electron chi connectivity index (χ1n) is 6.37. The van der Waals surface area contributed by atoms with Crippen LogP contribution in [-0.4, -0.2) is 29.0 Å². The Balaban J connectivity index is 2.36. The van der Waals surface area contributed by atoms with E-state index in [-0.39, 0.29) is 11.3 Å². The molecule has 3 nitrogen and oxygen atoms in total. The van der Waals surface area contributed by atoms with E-state index in [1.807, 2.05) is 0 Å². The first-order valence-corrected chi connectivity index (χ1v) is 6.77. The second-order valence-electron chi connectivity index (χ2n) is 6.26. The lowest BCUT2D eigenvalue weighted by Crippen LogP contribution is -2.46. The lowest BCUT2D eigenvalue weighted by atomic mass is 9.92. The molecular formula is C13H24N2OS. The average Bonchev–Trinajstić information content (AvgIpc) is 2.15. The van der Waals surface area contributed by atoms with Gasteiger partial charge in [0.25, 0.3) is 0 Å². The van der Waals surface area contributed by atoms with Gasteiger partial charge in [0.2, 0.25) is 5.91 Å². The van der Waals surface area contributed by atoms with Crippen molar-refractivity contribution in [2.75, 3.05) is 13.1 Å². The number of hydrogen-bond donors (Lipinski definition) is 1. The molecule has 1 heterocycles. The number of nitrogens with one attached hydrogen (secondary N) is 1. The van der Waals surface area contributed by atoms with Crippen molar-refractivity contribution in [2.24, 2.45) is 11.3 Å². The molecule has 0 aromatic carbocycles. The molecule has 0 aromatic heterocycles. The Labute approximate surface area is 110 Å². The van der Waals surface area contributed by atoms with Crippen LogP contribution in [0, 0.1) is 11.3 Å². The smallest absolute Gasteiger partial charge is 0.226 e. The zero-order valence-corrected chi connectivity index (χ0v) is 12.2. The number of hydrogen-bond acceptors (Lipinski definition) is 2. The van der Waals surface area contributed by atoms with Gasteiger partial charge >= 0.3 is 0 Å². The van der Waals surface area contributed by atoms with Crippen LogP contribution in [0.3, 0.4) is 0 Å². The number of nitrogens with zero attached hydrogens (tertiary/aromatic N) is 1. The maximum atomic E-state index is 11.8. The molecule has 0 unspecified atom stereocenters. The third-order valence-electron chi connectivity index (χ3n) is 3.01. The fourth-order valence-corrected chi connectivity index (χ4v) is 2.23. The summed E-state index contributed by atoms with van der Waals surface area (Å²) in [5, 5.41) is 3.44. The lowest BCUT2D eigenvalue weighted by molar-refractivity contribution is -0.121. The first kappa shape index (κ1) is 14.4. The second-order valence-corrected chi connectivity index (χ2v) is 6.65. The van der Waals surface area contributed by atoms with E-state index >= 15 is 0 Å². The highest BCUT2D eigenvalue weighted by Gasteiger charge is 2.21. The molecule has 1 aliphatic heterocycles. The summed E-state index contributed by atoms with van der Waals surface area (Å²) in [5.41, 5.74) is 0.0100. The quantitative estimate of drug-likeness (QED) is 0.732. The van der Waals surface area contributed by atoms with Gasteiger partial charge in [0, 0.05) is 19.5 Å². The fraction of sp³-hybridized carbons (Fsp3) is 0.846. The van der Waals surface area contributed by atoms with Gasteiger partial charge in [-0.3, -0.25) is 4.79 Å². The lowest BCUT2D eigenvalue weighted by Gasteiger charge is -2.32. The zero-order valence-electron chi connectivity index (χ0n) is 11.4. The van der Waals surface area contributed by atoms with Crippen LogP contribution in [0.4, 0.5) is 0 Å². The Bertz CT molecular complexity index is 288. The number of piperidine rings is 1. The van der Waals surface area contributed by atoms with Crippen LogP contribution < -0.4 is 5.32 Å². The van der Waals surface area contributed by atoms with Crippen molar-refractivity contribution < 1.29 is 4.79 Å². The van der Waals surface area contributed by atoms with E-state index in [1.54, 1.807) is 0 Å². The monoisotopic (exact) mass is 256 g/mol. The fourth-order valence-electron chi connectivity index (χ4n) is 1.94. The molecule has 0 aliphatic carbocycles. The molecule has 0 spiro atoms. The molecular weight excluding hydrogens is 232 g/mol. The van der Waals surface area contributed by atoms with Gasteiger partial charge in [0.15, 0.2) is 5.11 Å². The Kier molecular flexibility index (Phi) is 4.92. The maximum absolute atomic E-state index is 11.8. The number of carbonyl (C=O) groups excluding carboxylic acids is 1. The Hall–Kier alpha value is -0.640. The molecule has 0 atom stereocenters. The van der Waals surface area contributed by atoms with Gasteiger partial charge < -0.3 is 10.2 Å². The van der Waals surface area contributed by atoms with Gasteiger partial charge in [0.05, 0.1) is 0 Å². The van der Waals surface area contributed by atoms with E-state index in [0.717, 1.165) is 31.8 Å². The van der Waals surface area contributed by atoms with Crippen LogP contribution in [0.1, 0.15) is 47.0 Å². The molecule has 0 bridgehead atoms. The van der Waals surface area contributed by atoms with E-state index in [9.17, 15) is 4.79 Å². The summed E-state index contributed by atoms with van der Waals surface area (Å²) in [6.45, 7) is 10.4. The first-order chi connectivity index (χ1) is 7.78. The van der Waals surface area contributed by atoms with Crippen LogP contribution in [0.15, 0.2) is 0 Å². The molecule has 1 amide bonds. The standard InChI is InChI=1S/C13H24N2OS/c1-10-5-7-15(8-6-10)12(17)14-11(16)9-13(2,3)4/h10H,5-9H2,1-4H3,(H,14,16,17).